The highest BCUT2D eigenvalue weighted by Gasteiger charge is 1.87. The van der Waals surface area contributed by atoms with Crippen molar-refractivity contribution in [1.82, 2.24) is 0 Å². The van der Waals surface area contributed by atoms with Gasteiger partial charge in [0.05, 0.1) is 6.10 Å². The highest BCUT2D eigenvalue weighted by molar-refractivity contribution is 4.29. The molecule has 0 fully saturated rings. The lowest BCUT2D eigenvalue weighted by atomic mass is 10.5. The van der Waals surface area contributed by atoms with Gasteiger partial charge in [-0.3, -0.25) is 0 Å². The fourth-order valence-corrected chi connectivity index (χ4v) is 0.204. The van der Waals surface area contributed by atoms with Crippen LogP contribution in [0.25, 0.3) is 0 Å². The second kappa shape index (κ2) is 10.8. The average Bonchev–Trinajstić information content (AvgIpc) is 1.61. The van der Waals surface area contributed by atoms with Crippen LogP contribution in [0.4, 0.5) is 0 Å². The lowest BCUT2D eigenvalue weighted by Crippen LogP contribution is -2.04. The van der Waals surface area contributed by atoms with Crippen LogP contribution in [0.5, 0.6) is 0 Å². The first kappa shape index (κ1) is 16.0. The van der Waals surface area contributed by atoms with Crippen molar-refractivity contribution in [3.05, 3.63) is 0 Å². The van der Waals surface area contributed by atoms with Crippen LogP contribution in [0.1, 0.15) is 28.7 Å². The van der Waals surface area contributed by atoms with Crippen molar-refractivity contribution in [3.63, 3.8) is 0 Å². The van der Waals surface area contributed by atoms with E-state index in [4.69, 9.17) is 4.74 Å². The Morgan fingerprint density at radius 3 is 1.78 bits per heavy atom. The van der Waals surface area contributed by atoms with Crippen molar-refractivity contribution < 1.29 is 9.47 Å². The summed E-state index contributed by atoms with van der Waals surface area (Å²) in [6.07, 6.45) is 0.278. The molecule has 0 aliphatic rings. The van der Waals surface area contributed by atoms with E-state index in [2.05, 4.69) is 4.74 Å². The number of hydrogen-bond donors (Lipinski definition) is 0. The van der Waals surface area contributed by atoms with Gasteiger partial charge in [-0.25, -0.2) is 0 Å². The smallest absolute Gasteiger partial charge is 0.146 e. The van der Waals surface area contributed by atoms with Crippen LogP contribution < -0.4 is 0 Å². The molecular formula is C7H20O2. The van der Waals surface area contributed by atoms with E-state index in [-0.39, 0.29) is 21.0 Å². The Hall–Kier alpha value is -0.0800. The monoisotopic (exact) mass is 136 g/mol. The van der Waals surface area contributed by atoms with Crippen LogP contribution in [0, 0.1) is 0 Å². The predicted octanol–water partition coefficient (Wildman–Crippen LogP) is 2.29. The van der Waals surface area contributed by atoms with Gasteiger partial charge in [-0.1, -0.05) is 14.9 Å². The first-order valence-electron chi connectivity index (χ1n) is 2.38. The van der Waals surface area contributed by atoms with Crippen molar-refractivity contribution in [1.29, 1.82) is 0 Å². The van der Waals surface area contributed by atoms with Crippen LogP contribution in [-0.2, 0) is 9.47 Å². The highest BCUT2D eigenvalue weighted by atomic mass is 16.7. The Labute approximate surface area is 59.2 Å². The molecule has 0 unspecified atom stereocenters. The van der Waals surface area contributed by atoms with E-state index >= 15 is 0 Å². The summed E-state index contributed by atoms with van der Waals surface area (Å²) in [5.41, 5.74) is 0. The Kier molecular flexibility index (Phi) is 19.2. The van der Waals surface area contributed by atoms with Gasteiger partial charge in [-0.05, 0) is 13.8 Å². The van der Waals surface area contributed by atoms with Crippen molar-refractivity contribution in [2.24, 2.45) is 0 Å². The topological polar surface area (TPSA) is 18.5 Å². The van der Waals surface area contributed by atoms with Gasteiger partial charge in [0.15, 0.2) is 0 Å². The summed E-state index contributed by atoms with van der Waals surface area (Å²) in [7, 11) is 1.61. The van der Waals surface area contributed by atoms with Crippen LogP contribution in [-0.4, -0.2) is 20.0 Å². The summed E-state index contributed by atoms with van der Waals surface area (Å²) in [6.45, 7) is 4.34. The summed E-state index contributed by atoms with van der Waals surface area (Å²) < 4.78 is 9.60. The molecule has 0 aliphatic heterocycles. The minimum absolute atomic E-state index is 0. The third kappa shape index (κ3) is 18.1. The molecule has 0 bridgehead atoms. The van der Waals surface area contributed by atoms with Crippen LogP contribution in [0.2, 0.25) is 0 Å². The van der Waals surface area contributed by atoms with Crippen LogP contribution >= 0.6 is 0 Å². The molecule has 0 aromatic rings. The number of rotatable bonds is 3. The molecule has 0 rings (SSSR count). The van der Waals surface area contributed by atoms with Gasteiger partial charge >= 0.3 is 0 Å². The van der Waals surface area contributed by atoms with Gasteiger partial charge in [0, 0.05) is 7.11 Å². The van der Waals surface area contributed by atoms with Gasteiger partial charge in [0.2, 0.25) is 0 Å². The minimum atomic E-state index is 0. The molecule has 0 radical (unpaired) electrons. The molecule has 0 heterocycles. The normalized spacial score (nSPS) is 8.00. The van der Waals surface area contributed by atoms with E-state index in [1.54, 1.807) is 7.11 Å². The third-order valence-corrected chi connectivity index (χ3v) is 0.519. The zero-order valence-electron chi connectivity index (χ0n) is 5.10. The maximum absolute atomic E-state index is 4.97. The van der Waals surface area contributed by atoms with Crippen LogP contribution in [0.15, 0.2) is 0 Å². The van der Waals surface area contributed by atoms with Crippen molar-refractivity contribution in [2.75, 3.05) is 13.9 Å². The SMILES string of the molecule is C.C.COCOC(C)C. The Balaban J connectivity index is -0.000000180. The molecule has 0 aliphatic carbocycles. The summed E-state index contributed by atoms with van der Waals surface area (Å²) >= 11 is 0. The fraction of sp³-hybridized carbons (Fsp3) is 1.00. The fourth-order valence-electron chi connectivity index (χ4n) is 0.204. The van der Waals surface area contributed by atoms with Crippen molar-refractivity contribution in [3.8, 4) is 0 Å². The molecule has 0 aromatic heterocycles. The summed E-state index contributed by atoms with van der Waals surface area (Å²) in [5.74, 6) is 0. The number of ether oxygens (including phenoxy) is 2. The molecule has 0 aromatic carbocycles. The first-order valence-corrected chi connectivity index (χ1v) is 2.38. The van der Waals surface area contributed by atoms with E-state index in [9.17, 15) is 0 Å². The summed E-state index contributed by atoms with van der Waals surface area (Å²) in [6, 6.07) is 0. The molecule has 0 spiro atoms. The van der Waals surface area contributed by atoms with Gasteiger partial charge in [-0.2, -0.15) is 0 Å². The Morgan fingerprint density at radius 2 is 1.67 bits per heavy atom. The second-order valence-electron chi connectivity index (χ2n) is 1.62. The van der Waals surface area contributed by atoms with E-state index in [0.717, 1.165) is 0 Å². The maximum Gasteiger partial charge on any atom is 0.146 e. The average molecular weight is 136 g/mol. The predicted molar refractivity (Wildman–Crippen MR) is 41.6 cm³/mol. The molecule has 9 heavy (non-hydrogen) atoms. The van der Waals surface area contributed by atoms with Gasteiger partial charge in [0.1, 0.15) is 6.79 Å². The lowest BCUT2D eigenvalue weighted by Gasteiger charge is -2.03. The van der Waals surface area contributed by atoms with Gasteiger partial charge in [0.25, 0.3) is 0 Å². The number of methoxy groups -OCH3 is 1. The molecule has 2 nitrogen and oxygen atoms in total. The lowest BCUT2D eigenvalue weighted by molar-refractivity contribution is -0.0587. The largest absolute Gasteiger partial charge is 0.359 e. The molecule has 2 heteroatoms. The minimum Gasteiger partial charge on any atom is -0.359 e. The molecule has 60 valence electrons. The van der Waals surface area contributed by atoms with Crippen LogP contribution in [0.3, 0.4) is 0 Å². The van der Waals surface area contributed by atoms with Gasteiger partial charge < -0.3 is 9.47 Å². The highest BCUT2D eigenvalue weighted by Crippen LogP contribution is 1.84. The van der Waals surface area contributed by atoms with E-state index in [0.29, 0.717) is 6.79 Å². The summed E-state index contributed by atoms with van der Waals surface area (Å²) in [5, 5.41) is 0. The zero-order chi connectivity index (χ0) is 5.70. The molecular weight excluding hydrogens is 116 g/mol. The second-order valence-corrected chi connectivity index (χ2v) is 1.62. The number of hydrogen-bond acceptors (Lipinski definition) is 2. The standard InChI is InChI=1S/C5H12O2.2CH4/c1-5(2)7-4-6-3;;/h5H,4H2,1-3H3;2*1H4. The van der Waals surface area contributed by atoms with E-state index in [1.165, 1.54) is 0 Å². The zero-order valence-corrected chi connectivity index (χ0v) is 5.10. The first-order chi connectivity index (χ1) is 3.27. The molecule has 0 amide bonds. The van der Waals surface area contributed by atoms with E-state index in [1.807, 2.05) is 13.8 Å². The van der Waals surface area contributed by atoms with Crippen molar-refractivity contribution in [2.45, 2.75) is 34.8 Å². The maximum atomic E-state index is 4.97. The quantitative estimate of drug-likeness (QED) is 0.554. The van der Waals surface area contributed by atoms with E-state index < -0.39 is 0 Å². The molecule has 0 saturated heterocycles. The molecule has 0 saturated carbocycles. The van der Waals surface area contributed by atoms with Crippen molar-refractivity contribution >= 4 is 0 Å². The van der Waals surface area contributed by atoms with Gasteiger partial charge in [-0.15, -0.1) is 0 Å². The molecule has 0 atom stereocenters. The Bertz CT molecular complexity index is 35.9. The Morgan fingerprint density at radius 1 is 1.22 bits per heavy atom. The molecule has 0 N–H and O–H groups in total. The third-order valence-electron chi connectivity index (χ3n) is 0.519. The summed E-state index contributed by atoms with van der Waals surface area (Å²) in [4.78, 5) is 0.